The molecule has 1 unspecified atom stereocenters. The van der Waals surface area contributed by atoms with Crippen LogP contribution >= 0.6 is 11.3 Å². The molecule has 1 aliphatic carbocycles. The zero-order valence-corrected chi connectivity index (χ0v) is 15.3. The molecule has 0 bridgehead atoms. The number of thiazole rings is 1. The standard InChI is InChI=1S/C20H21N3O2S/c24-18(11-9-15-10-12-19(25)22-15)21-14-7-5-13(6-8-14)20-23-16-3-1-2-4-17(16)26-20/h2,4-8,15H,1,3,9-12H2,(H,21,24)(H,22,25). The Hall–Kier alpha value is -2.47. The normalized spacial score (nSPS) is 18.5. The van der Waals surface area contributed by atoms with Crippen LogP contribution in [0.25, 0.3) is 16.6 Å². The molecule has 2 aliphatic rings. The first-order valence-corrected chi connectivity index (χ1v) is 9.85. The summed E-state index contributed by atoms with van der Waals surface area (Å²) in [4.78, 5) is 29.3. The summed E-state index contributed by atoms with van der Waals surface area (Å²) < 4.78 is 0. The smallest absolute Gasteiger partial charge is 0.224 e. The van der Waals surface area contributed by atoms with Crippen molar-refractivity contribution in [3.05, 3.63) is 40.9 Å². The quantitative estimate of drug-likeness (QED) is 0.845. The van der Waals surface area contributed by atoms with Crippen LogP contribution < -0.4 is 10.6 Å². The number of benzene rings is 1. The molecule has 0 saturated carbocycles. The summed E-state index contributed by atoms with van der Waals surface area (Å²) in [5, 5.41) is 6.84. The minimum Gasteiger partial charge on any atom is -0.353 e. The lowest BCUT2D eigenvalue weighted by Crippen LogP contribution is -2.26. The minimum atomic E-state index is -0.0197. The zero-order valence-electron chi connectivity index (χ0n) is 14.5. The molecule has 134 valence electrons. The molecule has 1 fully saturated rings. The Morgan fingerprint density at radius 1 is 1.27 bits per heavy atom. The van der Waals surface area contributed by atoms with Gasteiger partial charge in [-0.25, -0.2) is 4.98 Å². The lowest BCUT2D eigenvalue weighted by molar-refractivity contribution is -0.120. The summed E-state index contributed by atoms with van der Waals surface area (Å²) in [6.45, 7) is 0. The third kappa shape index (κ3) is 3.85. The first kappa shape index (κ1) is 17.0. The van der Waals surface area contributed by atoms with Crippen molar-refractivity contribution in [1.29, 1.82) is 0 Å². The number of fused-ring (bicyclic) bond motifs is 1. The van der Waals surface area contributed by atoms with Crippen molar-refractivity contribution in [2.45, 2.75) is 44.6 Å². The molecule has 1 aromatic carbocycles. The average Bonchev–Trinajstić information content (AvgIpc) is 3.26. The third-order valence-corrected chi connectivity index (χ3v) is 5.88. The van der Waals surface area contributed by atoms with Crippen LogP contribution in [0.5, 0.6) is 0 Å². The molecule has 1 saturated heterocycles. The molecule has 1 aliphatic heterocycles. The largest absolute Gasteiger partial charge is 0.353 e. The van der Waals surface area contributed by atoms with Gasteiger partial charge < -0.3 is 10.6 Å². The predicted octanol–water partition coefficient (Wildman–Crippen LogP) is 3.77. The number of carbonyl (C=O) groups is 2. The highest BCUT2D eigenvalue weighted by Crippen LogP contribution is 2.32. The number of rotatable bonds is 5. The number of nitrogens with zero attached hydrogens (tertiary/aromatic N) is 1. The van der Waals surface area contributed by atoms with Crippen LogP contribution in [0.2, 0.25) is 0 Å². The summed E-state index contributed by atoms with van der Waals surface area (Å²) in [6, 6.07) is 7.98. The molecule has 1 atom stereocenters. The third-order valence-electron chi connectivity index (χ3n) is 4.77. The fourth-order valence-electron chi connectivity index (χ4n) is 3.33. The van der Waals surface area contributed by atoms with Gasteiger partial charge in [0, 0.05) is 30.1 Å². The Kier molecular flexibility index (Phi) is 4.84. The van der Waals surface area contributed by atoms with E-state index >= 15 is 0 Å². The Morgan fingerprint density at radius 3 is 2.85 bits per heavy atom. The number of aryl methyl sites for hydroxylation is 1. The van der Waals surface area contributed by atoms with Crippen molar-refractivity contribution in [1.82, 2.24) is 10.3 Å². The Bertz CT molecular complexity index is 854. The van der Waals surface area contributed by atoms with Crippen molar-refractivity contribution < 1.29 is 9.59 Å². The topological polar surface area (TPSA) is 71.1 Å². The highest BCUT2D eigenvalue weighted by Gasteiger charge is 2.21. The number of allylic oxidation sites excluding steroid dienone is 1. The molecular formula is C20H21N3O2S. The molecule has 2 amide bonds. The number of aromatic nitrogens is 1. The van der Waals surface area contributed by atoms with Gasteiger partial charge >= 0.3 is 0 Å². The first-order chi connectivity index (χ1) is 12.7. The number of carbonyl (C=O) groups excluding carboxylic acids is 2. The molecule has 0 radical (unpaired) electrons. The summed E-state index contributed by atoms with van der Waals surface area (Å²) in [6.07, 6.45) is 8.93. The van der Waals surface area contributed by atoms with Crippen molar-refractivity contribution in [2.75, 3.05) is 5.32 Å². The lowest BCUT2D eigenvalue weighted by Gasteiger charge is -2.10. The van der Waals surface area contributed by atoms with Crippen molar-refractivity contribution in [2.24, 2.45) is 0 Å². The Balaban J connectivity index is 1.34. The molecule has 0 spiro atoms. The second kappa shape index (κ2) is 7.41. The maximum Gasteiger partial charge on any atom is 0.224 e. The van der Waals surface area contributed by atoms with E-state index in [1.54, 1.807) is 11.3 Å². The lowest BCUT2D eigenvalue weighted by atomic mass is 10.1. The van der Waals surface area contributed by atoms with E-state index in [4.69, 9.17) is 4.98 Å². The van der Waals surface area contributed by atoms with E-state index in [1.807, 2.05) is 24.3 Å². The first-order valence-electron chi connectivity index (χ1n) is 9.03. The molecule has 2 N–H and O–H groups in total. The molecule has 5 nitrogen and oxygen atoms in total. The summed E-state index contributed by atoms with van der Waals surface area (Å²) >= 11 is 1.71. The van der Waals surface area contributed by atoms with Gasteiger partial charge in [-0.15, -0.1) is 11.3 Å². The van der Waals surface area contributed by atoms with Gasteiger partial charge in [0.25, 0.3) is 0 Å². The highest BCUT2D eigenvalue weighted by atomic mass is 32.1. The fraction of sp³-hybridized carbons (Fsp3) is 0.350. The molecule has 2 heterocycles. The van der Waals surface area contributed by atoms with Gasteiger partial charge in [-0.05, 0) is 56.0 Å². The van der Waals surface area contributed by atoms with E-state index in [1.165, 1.54) is 10.6 Å². The van der Waals surface area contributed by atoms with Gasteiger partial charge in [0.05, 0.1) is 10.6 Å². The van der Waals surface area contributed by atoms with Crippen LogP contribution in [0.3, 0.4) is 0 Å². The molecule has 26 heavy (non-hydrogen) atoms. The van der Waals surface area contributed by atoms with Crippen LogP contribution in [0.15, 0.2) is 30.3 Å². The van der Waals surface area contributed by atoms with Gasteiger partial charge in [0.1, 0.15) is 5.01 Å². The fourth-order valence-corrected chi connectivity index (χ4v) is 4.37. The summed E-state index contributed by atoms with van der Waals surface area (Å²) in [7, 11) is 0. The van der Waals surface area contributed by atoms with E-state index < -0.39 is 0 Å². The minimum absolute atomic E-state index is 0.0197. The molecule has 1 aromatic heterocycles. The Labute approximate surface area is 156 Å². The second-order valence-electron chi connectivity index (χ2n) is 6.74. The Morgan fingerprint density at radius 2 is 2.12 bits per heavy atom. The van der Waals surface area contributed by atoms with Gasteiger partial charge in [0.15, 0.2) is 0 Å². The number of anilines is 1. The highest BCUT2D eigenvalue weighted by molar-refractivity contribution is 7.16. The number of hydrogen-bond donors (Lipinski definition) is 2. The summed E-state index contributed by atoms with van der Waals surface area (Å²) in [5.74, 6) is 0.0686. The average molecular weight is 367 g/mol. The number of nitrogens with one attached hydrogen (secondary N) is 2. The van der Waals surface area contributed by atoms with Crippen LogP contribution in [0.1, 0.15) is 42.7 Å². The van der Waals surface area contributed by atoms with E-state index in [9.17, 15) is 9.59 Å². The van der Waals surface area contributed by atoms with Crippen LogP contribution in [0, 0.1) is 0 Å². The maximum absolute atomic E-state index is 12.1. The molecule has 6 heteroatoms. The van der Waals surface area contributed by atoms with Crippen LogP contribution in [-0.2, 0) is 16.0 Å². The van der Waals surface area contributed by atoms with Crippen molar-refractivity contribution in [3.63, 3.8) is 0 Å². The van der Waals surface area contributed by atoms with E-state index in [2.05, 4.69) is 22.8 Å². The zero-order chi connectivity index (χ0) is 17.9. The van der Waals surface area contributed by atoms with Crippen molar-refractivity contribution in [3.8, 4) is 10.6 Å². The van der Waals surface area contributed by atoms with Gasteiger partial charge in [0.2, 0.25) is 11.8 Å². The monoisotopic (exact) mass is 367 g/mol. The van der Waals surface area contributed by atoms with Gasteiger partial charge in [-0.2, -0.15) is 0 Å². The molecule has 2 aromatic rings. The van der Waals surface area contributed by atoms with Crippen LogP contribution in [-0.4, -0.2) is 22.8 Å². The van der Waals surface area contributed by atoms with Gasteiger partial charge in [-0.3, -0.25) is 9.59 Å². The van der Waals surface area contributed by atoms with E-state index in [0.29, 0.717) is 19.3 Å². The van der Waals surface area contributed by atoms with E-state index in [-0.39, 0.29) is 17.9 Å². The van der Waals surface area contributed by atoms with E-state index in [0.717, 1.165) is 35.5 Å². The predicted molar refractivity (Wildman–Crippen MR) is 104 cm³/mol. The summed E-state index contributed by atoms with van der Waals surface area (Å²) in [5.41, 5.74) is 3.05. The number of hydrogen-bond acceptors (Lipinski definition) is 4. The van der Waals surface area contributed by atoms with Crippen LogP contribution in [0.4, 0.5) is 5.69 Å². The van der Waals surface area contributed by atoms with Crippen molar-refractivity contribution >= 4 is 34.9 Å². The molecular weight excluding hydrogens is 346 g/mol. The number of amides is 2. The van der Waals surface area contributed by atoms with Gasteiger partial charge in [-0.1, -0.05) is 6.08 Å². The second-order valence-corrected chi connectivity index (χ2v) is 7.77. The SMILES string of the molecule is O=C(CCC1CCC(=O)N1)Nc1ccc(-c2nc3c(s2)C=CCC3)cc1. The molecule has 4 rings (SSSR count). The maximum atomic E-state index is 12.1.